The monoisotopic (exact) mass is 449 g/mol. The Morgan fingerprint density at radius 1 is 1.18 bits per heavy atom. The molecule has 172 valence electrons. The Hall–Kier alpha value is -3.61. The van der Waals surface area contributed by atoms with Gasteiger partial charge in [-0.2, -0.15) is 0 Å². The van der Waals surface area contributed by atoms with Crippen molar-refractivity contribution in [3.05, 3.63) is 64.7 Å². The van der Waals surface area contributed by atoms with Crippen molar-refractivity contribution in [1.29, 1.82) is 0 Å². The predicted octanol–water partition coefficient (Wildman–Crippen LogP) is 4.16. The number of aliphatic hydroxyl groups is 1. The van der Waals surface area contributed by atoms with E-state index in [1.807, 2.05) is 19.9 Å². The van der Waals surface area contributed by atoms with Crippen molar-refractivity contribution in [2.75, 3.05) is 6.54 Å². The lowest BCUT2D eigenvalue weighted by molar-refractivity contribution is -0.139. The van der Waals surface area contributed by atoms with Gasteiger partial charge in [0.05, 0.1) is 11.6 Å². The van der Waals surface area contributed by atoms with E-state index < -0.39 is 23.7 Å². The maximum absolute atomic E-state index is 13.1. The molecule has 1 amide bonds. The molecular formula is C26H27NO6. The summed E-state index contributed by atoms with van der Waals surface area (Å²) in [5, 5.41) is 11.2. The molecule has 0 spiro atoms. The van der Waals surface area contributed by atoms with Gasteiger partial charge in [-0.25, -0.2) is 0 Å². The third-order valence-electron chi connectivity index (χ3n) is 5.92. The van der Waals surface area contributed by atoms with Crippen LogP contribution in [0.25, 0.3) is 5.76 Å². The van der Waals surface area contributed by atoms with Crippen molar-refractivity contribution >= 4 is 23.4 Å². The molecular weight excluding hydrogens is 422 g/mol. The van der Waals surface area contributed by atoms with Gasteiger partial charge in [0.2, 0.25) is 0 Å². The Kier molecular flexibility index (Phi) is 6.22. The Morgan fingerprint density at radius 3 is 2.58 bits per heavy atom. The number of benzene rings is 2. The average Bonchev–Trinajstić information content (AvgIpc) is 3.27. The number of hydrogen-bond acceptors (Lipinski definition) is 6. The quantitative estimate of drug-likeness (QED) is 0.234. The summed E-state index contributed by atoms with van der Waals surface area (Å²) in [4.78, 5) is 38.7. The highest BCUT2D eigenvalue weighted by molar-refractivity contribution is 6.46. The largest absolute Gasteiger partial charge is 0.507 e. The Labute approximate surface area is 192 Å². The topological polar surface area (TPSA) is 93.1 Å². The number of hydrogen-bond donors (Lipinski definition) is 1. The molecule has 0 saturated carbocycles. The van der Waals surface area contributed by atoms with Gasteiger partial charge in [0.25, 0.3) is 11.7 Å². The highest BCUT2D eigenvalue weighted by atomic mass is 16.5. The lowest BCUT2D eigenvalue weighted by Gasteiger charge is -2.25. The van der Waals surface area contributed by atoms with E-state index in [1.165, 1.54) is 11.8 Å². The van der Waals surface area contributed by atoms with E-state index in [0.717, 1.165) is 24.2 Å². The number of likely N-dealkylation sites (tertiary alicyclic amines) is 1. The lowest BCUT2D eigenvalue weighted by atomic mass is 9.94. The summed E-state index contributed by atoms with van der Waals surface area (Å²) >= 11 is 0. The first kappa shape index (κ1) is 22.6. The number of carbonyl (C=O) groups is 3. The van der Waals surface area contributed by atoms with Gasteiger partial charge >= 0.3 is 5.97 Å². The fourth-order valence-corrected chi connectivity index (χ4v) is 4.39. The molecule has 1 fully saturated rings. The maximum atomic E-state index is 13.1. The first-order chi connectivity index (χ1) is 15.8. The zero-order chi connectivity index (χ0) is 23.7. The van der Waals surface area contributed by atoms with E-state index in [2.05, 4.69) is 0 Å². The van der Waals surface area contributed by atoms with Crippen LogP contribution in [0.15, 0.2) is 48.0 Å². The zero-order valence-electron chi connectivity index (χ0n) is 19.0. The SMILES string of the molecule is CCCCN1C(=O)C(=O)/C(=C(\O)c2ccc3c(c2)CC(C)O3)C1c1ccc(OC(C)=O)cc1. The van der Waals surface area contributed by atoms with Crippen molar-refractivity contribution in [3.8, 4) is 11.5 Å². The number of esters is 1. The van der Waals surface area contributed by atoms with Crippen LogP contribution in [0.4, 0.5) is 0 Å². The van der Waals surface area contributed by atoms with E-state index in [9.17, 15) is 19.5 Å². The number of aliphatic hydroxyl groups excluding tert-OH is 1. The van der Waals surface area contributed by atoms with Crippen LogP contribution < -0.4 is 9.47 Å². The summed E-state index contributed by atoms with van der Waals surface area (Å²) in [6.45, 7) is 5.69. The third kappa shape index (κ3) is 4.35. The van der Waals surface area contributed by atoms with Crippen LogP contribution >= 0.6 is 0 Å². The first-order valence-electron chi connectivity index (χ1n) is 11.2. The minimum atomic E-state index is -0.730. The average molecular weight is 450 g/mol. The molecule has 0 aliphatic carbocycles. The molecule has 1 saturated heterocycles. The van der Waals surface area contributed by atoms with E-state index in [-0.39, 0.29) is 17.4 Å². The zero-order valence-corrected chi connectivity index (χ0v) is 19.0. The second-order valence-corrected chi connectivity index (χ2v) is 8.46. The number of nitrogens with zero attached hydrogens (tertiary/aromatic N) is 1. The van der Waals surface area contributed by atoms with Crippen LogP contribution in [0, 0.1) is 0 Å². The summed E-state index contributed by atoms with van der Waals surface area (Å²) in [7, 11) is 0. The van der Waals surface area contributed by atoms with Crippen LogP contribution in [-0.4, -0.2) is 40.3 Å². The number of unbranched alkanes of at least 4 members (excludes halogenated alkanes) is 1. The molecule has 4 rings (SSSR count). The molecule has 2 unspecified atom stereocenters. The minimum absolute atomic E-state index is 0.0488. The summed E-state index contributed by atoms with van der Waals surface area (Å²) in [5.74, 6) is -0.847. The number of fused-ring (bicyclic) bond motifs is 1. The fourth-order valence-electron chi connectivity index (χ4n) is 4.39. The van der Waals surface area contributed by atoms with Gasteiger partial charge in [0.1, 0.15) is 23.4 Å². The second kappa shape index (κ2) is 9.10. The van der Waals surface area contributed by atoms with Gasteiger partial charge in [-0.05, 0) is 54.8 Å². The number of ketones is 1. The molecule has 33 heavy (non-hydrogen) atoms. The van der Waals surface area contributed by atoms with Crippen molar-refractivity contribution < 1.29 is 29.0 Å². The van der Waals surface area contributed by atoms with Crippen molar-refractivity contribution in [2.45, 2.75) is 52.2 Å². The molecule has 2 aliphatic rings. The third-order valence-corrected chi connectivity index (χ3v) is 5.92. The van der Waals surface area contributed by atoms with Gasteiger partial charge < -0.3 is 19.5 Å². The molecule has 2 atom stereocenters. The number of carbonyl (C=O) groups excluding carboxylic acids is 3. The molecule has 2 aromatic rings. The fraction of sp³-hybridized carbons (Fsp3) is 0.346. The lowest BCUT2D eigenvalue weighted by Crippen LogP contribution is -2.30. The van der Waals surface area contributed by atoms with Gasteiger partial charge in [-0.1, -0.05) is 25.5 Å². The standard InChI is InChI=1S/C26H27NO6/c1-4-5-12-27-23(17-6-9-20(10-7-17)33-16(3)28)22(25(30)26(27)31)24(29)18-8-11-21-19(14-18)13-15(2)32-21/h6-11,14-15,23,29H,4-5,12-13H2,1-3H3/b24-22-. The Balaban J connectivity index is 1.78. The highest BCUT2D eigenvalue weighted by Gasteiger charge is 2.45. The summed E-state index contributed by atoms with van der Waals surface area (Å²) in [5.41, 5.74) is 2.14. The smallest absolute Gasteiger partial charge is 0.308 e. The molecule has 0 aromatic heterocycles. The van der Waals surface area contributed by atoms with Crippen LogP contribution in [-0.2, 0) is 20.8 Å². The normalized spacial score (nSPS) is 21.1. The van der Waals surface area contributed by atoms with Crippen molar-refractivity contribution in [3.63, 3.8) is 0 Å². The number of rotatable bonds is 6. The van der Waals surface area contributed by atoms with Gasteiger partial charge in [-0.3, -0.25) is 14.4 Å². The van der Waals surface area contributed by atoms with E-state index in [0.29, 0.717) is 29.8 Å². The van der Waals surface area contributed by atoms with Gasteiger partial charge in [0, 0.05) is 25.5 Å². The van der Waals surface area contributed by atoms with Crippen molar-refractivity contribution in [2.24, 2.45) is 0 Å². The van der Waals surface area contributed by atoms with Crippen LogP contribution in [0.5, 0.6) is 11.5 Å². The minimum Gasteiger partial charge on any atom is -0.507 e. The molecule has 0 radical (unpaired) electrons. The van der Waals surface area contributed by atoms with Crippen LogP contribution in [0.2, 0.25) is 0 Å². The highest BCUT2D eigenvalue weighted by Crippen LogP contribution is 2.41. The second-order valence-electron chi connectivity index (χ2n) is 8.46. The van der Waals surface area contributed by atoms with Gasteiger partial charge in [-0.15, -0.1) is 0 Å². The van der Waals surface area contributed by atoms with Crippen LogP contribution in [0.1, 0.15) is 56.3 Å². The Morgan fingerprint density at radius 2 is 1.91 bits per heavy atom. The van der Waals surface area contributed by atoms with E-state index in [4.69, 9.17) is 9.47 Å². The number of amides is 1. The number of Topliss-reactive ketones (excluding diaryl/α,β-unsaturated/α-hetero) is 1. The maximum Gasteiger partial charge on any atom is 0.308 e. The van der Waals surface area contributed by atoms with Gasteiger partial charge in [0.15, 0.2) is 0 Å². The van der Waals surface area contributed by atoms with E-state index >= 15 is 0 Å². The summed E-state index contributed by atoms with van der Waals surface area (Å²) in [6, 6.07) is 11.2. The summed E-state index contributed by atoms with van der Waals surface area (Å²) in [6.07, 6.45) is 2.34. The molecule has 7 nitrogen and oxygen atoms in total. The molecule has 1 N–H and O–H groups in total. The van der Waals surface area contributed by atoms with E-state index in [1.54, 1.807) is 36.4 Å². The molecule has 7 heteroatoms. The molecule has 2 heterocycles. The predicted molar refractivity (Wildman–Crippen MR) is 122 cm³/mol. The van der Waals surface area contributed by atoms with Crippen LogP contribution in [0.3, 0.4) is 0 Å². The molecule has 2 aromatic carbocycles. The van der Waals surface area contributed by atoms with Crippen molar-refractivity contribution in [1.82, 2.24) is 4.90 Å². The Bertz CT molecular complexity index is 1130. The molecule has 0 bridgehead atoms. The first-order valence-corrected chi connectivity index (χ1v) is 11.2. The number of ether oxygens (including phenoxy) is 2. The summed E-state index contributed by atoms with van der Waals surface area (Å²) < 4.78 is 10.8. The molecule has 2 aliphatic heterocycles.